The van der Waals surface area contributed by atoms with Gasteiger partial charge >= 0.3 is 0 Å². The molecule has 1 aromatic carbocycles. The number of nitrogens with zero attached hydrogens (tertiary/aromatic N) is 2. The van der Waals surface area contributed by atoms with Gasteiger partial charge in [-0.1, -0.05) is 19.1 Å². The van der Waals surface area contributed by atoms with E-state index >= 15 is 0 Å². The number of amides is 1. The van der Waals surface area contributed by atoms with Crippen LogP contribution in [0.3, 0.4) is 0 Å². The van der Waals surface area contributed by atoms with E-state index in [1.54, 1.807) is 11.0 Å². The van der Waals surface area contributed by atoms with E-state index in [1.165, 1.54) is 12.3 Å². The van der Waals surface area contributed by atoms with Gasteiger partial charge < -0.3 is 24.1 Å². The molecule has 0 radical (unpaired) electrons. The summed E-state index contributed by atoms with van der Waals surface area (Å²) in [5.74, 6) is -0.820. The van der Waals surface area contributed by atoms with Crippen molar-refractivity contribution in [2.24, 2.45) is 0 Å². The zero-order valence-electron chi connectivity index (χ0n) is 17.6. The van der Waals surface area contributed by atoms with Crippen LogP contribution in [0.5, 0.6) is 5.75 Å². The second-order valence-electron chi connectivity index (χ2n) is 7.55. The maximum absolute atomic E-state index is 13.1. The Kier molecular flexibility index (Phi) is 6.95. The fraction of sp³-hybridized carbons (Fsp3) is 0.391. The largest absolute Gasteiger partial charge is 0.503 e. The van der Waals surface area contributed by atoms with E-state index in [0.717, 1.165) is 13.0 Å². The quantitative estimate of drug-likeness (QED) is 0.601. The third-order valence-corrected chi connectivity index (χ3v) is 4.94. The predicted molar refractivity (Wildman–Crippen MR) is 113 cm³/mol. The third kappa shape index (κ3) is 4.57. The van der Waals surface area contributed by atoms with E-state index in [-0.39, 0.29) is 11.3 Å². The number of aliphatic hydroxyl groups is 1. The molecule has 160 valence electrons. The van der Waals surface area contributed by atoms with Gasteiger partial charge in [0, 0.05) is 6.54 Å². The number of benzene rings is 1. The van der Waals surface area contributed by atoms with Gasteiger partial charge in [-0.2, -0.15) is 0 Å². The molecule has 1 aromatic heterocycles. The average Bonchev–Trinajstić information content (AvgIpc) is 3.35. The highest BCUT2D eigenvalue weighted by Gasteiger charge is 2.44. The van der Waals surface area contributed by atoms with Crippen molar-refractivity contribution in [3.63, 3.8) is 0 Å². The van der Waals surface area contributed by atoms with E-state index in [1.807, 2.05) is 50.2 Å². The third-order valence-electron chi connectivity index (χ3n) is 4.94. The van der Waals surface area contributed by atoms with Gasteiger partial charge in [0.15, 0.2) is 11.5 Å². The first-order chi connectivity index (χ1) is 14.4. The summed E-state index contributed by atoms with van der Waals surface area (Å²) in [4.78, 5) is 29.6. The van der Waals surface area contributed by atoms with Crippen molar-refractivity contribution in [1.82, 2.24) is 9.80 Å². The second-order valence-corrected chi connectivity index (χ2v) is 7.55. The number of hydrogen-bond acceptors (Lipinski definition) is 6. The van der Waals surface area contributed by atoms with Crippen molar-refractivity contribution >= 4 is 11.7 Å². The highest BCUT2D eigenvalue weighted by molar-refractivity contribution is 6.15. The summed E-state index contributed by atoms with van der Waals surface area (Å²) in [5.41, 5.74) is 0.744. The molecule has 0 aliphatic carbocycles. The first kappa shape index (κ1) is 21.6. The maximum Gasteiger partial charge on any atom is 0.290 e. The number of furan rings is 1. The molecule has 2 heterocycles. The number of carbonyl (C=O) groups excluding carboxylic acids is 2. The van der Waals surface area contributed by atoms with Gasteiger partial charge in [0.25, 0.3) is 5.91 Å². The van der Waals surface area contributed by atoms with Crippen LogP contribution in [-0.2, 0) is 4.79 Å². The summed E-state index contributed by atoms with van der Waals surface area (Å²) in [6.45, 7) is 3.77. The first-order valence-corrected chi connectivity index (χ1v) is 10.1. The monoisotopic (exact) mass is 412 g/mol. The van der Waals surface area contributed by atoms with Crippen LogP contribution in [-0.4, -0.2) is 60.4 Å². The Hall–Kier alpha value is -3.06. The highest BCUT2D eigenvalue weighted by atomic mass is 16.5. The number of ketones is 1. The topological polar surface area (TPSA) is 83.2 Å². The Morgan fingerprint density at radius 1 is 1.27 bits per heavy atom. The van der Waals surface area contributed by atoms with E-state index in [2.05, 4.69) is 0 Å². The zero-order chi connectivity index (χ0) is 21.7. The van der Waals surface area contributed by atoms with Gasteiger partial charge in [0.05, 0.1) is 24.5 Å². The van der Waals surface area contributed by atoms with E-state index < -0.39 is 23.5 Å². The van der Waals surface area contributed by atoms with Crippen LogP contribution in [0, 0.1) is 0 Å². The van der Waals surface area contributed by atoms with Crippen LogP contribution in [0.1, 0.15) is 41.9 Å². The van der Waals surface area contributed by atoms with E-state index in [9.17, 15) is 14.7 Å². The number of aliphatic hydroxyl groups excluding tert-OH is 1. The van der Waals surface area contributed by atoms with Crippen molar-refractivity contribution in [3.8, 4) is 5.75 Å². The molecule has 1 aliphatic heterocycles. The van der Waals surface area contributed by atoms with Crippen molar-refractivity contribution in [3.05, 3.63) is 65.3 Å². The van der Waals surface area contributed by atoms with Crippen LogP contribution < -0.4 is 4.74 Å². The van der Waals surface area contributed by atoms with Crippen molar-refractivity contribution in [2.45, 2.75) is 25.8 Å². The molecule has 0 bridgehead atoms. The summed E-state index contributed by atoms with van der Waals surface area (Å²) in [7, 11) is 3.92. The summed E-state index contributed by atoms with van der Waals surface area (Å²) >= 11 is 0. The first-order valence-electron chi connectivity index (χ1n) is 10.1. The van der Waals surface area contributed by atoms with Gasteiger partial charge in [0.1, 0.15) is 5.75 Å². The lowest BCUT2D eigenvalue weighted by atomic mass is 9.95. The fourth-order valence-electron chi connectivity index (χ4n) is 3.55. The minimum absolute atomic E-state index is 0.0347. The SMILES string of the molecule is CCCOc1cccc([C@H]2C(C(=O)c3ccco3)=C(O)C(=O)N2CCCN(C)C)c1. The van der Waals surface area contributed by atoms with Crippen LogP contribution in [0.2, 0.25) is 0 Å². The molecule has 7 nitrogen and oxygen atoms in total. The smallest absolute Gasteiger partial charge is 0.290 e. The van der Waals surface area contributed by atoms with Crippen LogP contribution in [0.4, 0.5) is 0 Å². The Morgan fingerprint density at radius 3 is 2.73 bits per heavy atom. The molecule has 1 amide bonds. The molecule has 1 aliphatic rings. The normalized spacial score (nSPS) is 16.6. The average molecular weight is 412 g/mol. The molecule has 0 saturated heterocycles. The molecule has 0 spiro atoms. The van der Waals surface area contributed by atoms with Crippen LogP contribution in [0.15, 0.2) is 58.4 Å². The number of carbonyl (C=O) groups is 2. The van der Waals surface area contributed by atoms with Gasteiger partial charge in [-0.05, 0) is 63.3 Å². The standard InChI is InChI=1S/C23H28N2O5/c1-4-13-29-17-9-5-8-16(15-17)20-19(21(26)18-10-6-14-30-18)22(27)23(28)25(20)12-7-11-24(2)3/h5-6,8-10,14-15,20,27H,4,7,11-13H2,1-3H3/t20-/m0/s1. The summed E-state index contributed by atoms with van der Waals surface area (Å²) in [6, 6.07) is 9.74. The minimum atomic E-state index is -0.706. The molecule has 2 aromatic rings. The molecule has 1 N–H and O–H groups in total. The Morgan fingerprint density at radius 2 is 2.07 bits per heavy atom. The van der Waals surface area contributed by atoms with E-state index in [0.29, 0.717) is 30.9 Å². The number of hydrogen-bond donors (Lipinski definition) is 1. The summed E-state index contributed by atoms with van der Waals surface area (Å²) < 4.78 is 11.0. The van der Waals surface area contributed by atoms with Gasteiger partial charge in [-0.15, -0.1) is 0 Å². The van der Waals surface area contributed by atoms with E-state index in [4.69, 9.17) is 9.15 Å². The molecule has 0 saturated carbocycles. The zero-order valence-corrected chi connectivity index (χ0v) is 17.6. The maximum atomic E-state index is 13.1. The number of Topliss-reactive ketones (excluding diaryl/α,β-unsaturated/α-hetero) is 1. The van der Waals surface area contributed by atoms with Gasteiger partial charge in [-0.3, -0.25) is 9.59 Å². The molecular weight excluding hydrogens is 384 g/mol. The summed E-state index contributed by atoms with van der Waals surface area (Å²) in [6.07, 6.45) is 2.97. The molecule has 7 heteroatoms. The molecule has 0 unspecified atom stereocenters. The van der Waals surface area contributed by atoms with Gasteiger partial charge in [0.2, 0.25) is 5.78 Å². The van der Waals surface area contributed by atoms with Crippen LogP contribution in [0.25, 0.3) is 0 Å². The lowest BCUT2D eigenvalue weighted by Gasteiger charge is -2.27. The van der Waals surface area contributed by atoms with Crippen molar-refractivity contribution < 1.29 is 23.8 Å². The molecule has 30 heavy (non-hydrogen) atoms. The summed E-state index contributed by atoms with van der Waals surface area (Å²) in [5, 5.41) is 10.6. The Labute approximate surface area is 176 Å². The van der Waals surface area contributed by atoms with Gasteiger partial charge in [-0.25, -0.2) is 0 Å². The molecule has 0 fully saturated rings. The number of rotatable bonds is 10. The molecular formula is C23H28N2O5. The molecule has 1 atom stereocenters. The fourth-order valence-corrected chi connectivity index (χ4v) is 3.55. The number of ether oxygens (including phenoxy) is 1. The highest BCUT2D eigenvalue weighted by Crippen LogP contribution is 2.40. The lowest BCUT2D eigenvalue weighted by molar-refractivity contribution is -0.129. The minimum Gasteiger partial charge on any atom is -0.503 e. The molecule has 3 rings (SSSR count). The lowest BCUT2D eigenvalue weighted by Crippen LogP contribution is -2.33. The van der Waals surface area contributed by atoms with Crippen LogP contribution >= 0.6 is 0 Å². The Balaban J connectivity index is 1.99. The van der Waals surface area contributed by atoms with Crippen molar-refractivity contribution in [1.29, 1.82) is 0 Å². The predicted octanol–water partition coefficient (Wildman–Crippen LogP) is 3.60. The Bertz CT molecular complexity index is 917. The second kappa shape index (κ2) is 9.63. The van der Waals surface area contributed by atoms with Crippen molar-refractivity contribution in [2.75, 3.05) is 33.8 Å².